The van der Waals surface area contributed by atoms with Crippen LogP contribution in [0.25, 0.3) is 0 Å². The van der Waals surface area contributed by atoms with Crippen LogP contribution >= 0.6 is 31.9 Å². The maximum Gasteiger partial charge on any atom is 0.251 e. The summed E-state index contributed by atoms with van der Waals surface area (Å²) in [5.41, 5.74) is 0.689. The molecule has 1 N–H and O–H groups in total. The first-order valence-corrected chi connectivity index (χ1v) is 6.92. The average Bonchev–Trinajstić information content (AvgIpc) is 2.98. The van der Waals surface area contributed by atoms with Crippen LogP contribution in [-0.2, 0) is 0 Å². The molecule has 0 bridgehead atoms. The molecule has 16 heavy (non-hydrogen) atoms. The van der Waals surface area contributed by atoms with E-state index in [1.54, 1.807) is 0 Å². The van der Waals surface area contributed by atoms with Gasteiger partial charge in [-0.1, -0.05) is 31.9 Å². The Morgan fingerprint density at radius 2 is 1.88 bits per heavy atom. The lowest BCUT2D eigenvalue weighted by Crippen LogP contribution is -2.33. The van der Waals surface area contributed by atoms with Crippen LogP contribution in [0, 0.1) is 5.92 Å². The van der Waals surface area contributed by atoms with Crippen molar-refractivity contribution in [2.24, 2.45) is 5.92 Å². The molecule has 1 saturated carbocycles. The highest BCUT2D eigenvalue weighted by Gasteiger charge is 2.29. The van der Waals surface area contributed by atoms with Gasteiger partial charge in [0.25, 0.3) is 5.91 Å². The molecule has 1 aromatic carbocycles. The van der Waals surface area contributed by atoms with Crippen LogP contribution in [0.15, 0.2) is 27.1 Å². The Bertz CT molecular complexity index is 395. The van der Waals surface area contributed by atoms with Gasteiger partial charge in [-0.3, -0.25) is 4.79 Å². The highest BCUT2D eigenvalue weighted by Crippen LogP contribution is 2.32. The van der Waals surface area contributed by atoms with Crippen molar-refractivity contribution in [3.8, 4) is 0 Å². The second kappa shape index (κ2) is 4.88. The van der Waals surface area contributed by atoms with Gasteiger partial charge in [0, 0.05) is 20.6 Å². The number of halogens is 2. The van der Waals surface area contributed by atoms with Crippen molar-refractivity contribution in [3.05, 3.63) is 32.7 Å². The molecule has 1 unspecified atom stereocenters. The molecule has 1 fully saturated rings. The summed E-state index contributed by atoms with van der Waals surface area (Å²) in [5, 5.41) is 3.03. The molecule has 0 heterocycles. The van der Waals surface area contributed by atoms with E-state index in [1.807, 2.05) is 18.2 Å². The summed E-state index contributed by atoms with van der Waals surface area (Å²) >= 11 is 6.76. The molecular formula is C12H13Br2NO. The summed E-state index contributed by atoms with van der Waals surface area (Å²) in [6.07, 6.45) is 2.48. The number of amides is 1. The third-order valence-corrected chi connectivity index (χ3v) is 3.73. The van der Waals surface area contributed by atoms with E-state index in [-0.39, 0.29) is 11.9 Å². The standard InChI is InChI=1S/C12H13Br2NO/c1-7(8-2-3-8)15-12(16)9-4-10(13)6-11(14)5-9/h4-8H,2-3H2,1H3,(H,15,16). The molecule has 0 aliphatic heterocycles. The van der Waals surface area contributed by atoms with Gasteiger partial charge in [-0.25, -0.2) is 0 Å². The number of rotatable bonds is 3. The minimum atomic E-state index is 0.00130. The summed E-state index contributed by atoms with van der Waals surface area (Å²) in [6, 6.07) is 5.87. The molecule has 1 aromatic rings. The van der Waals surface area contributed by atoms with Crippen molar-refractivity contribution >= 4 is 37.8 Å². The van der Waals surface area contributed by atoms with Crippen LogP contribution in [0.2, 0.25) is 0 Å². The van der Waals surface area contributed by atoms with E-state index in [0.717, 1.165) is 8.95 Å². The zero-order chi connectivity index (χ0) is 11.7. The Morgan fingerprint density at radius 1 is 1.31 bits per heavy atom. The summed E-state index contributed by atoms with van der Waals surface area (Å²) in [7, 11) is 0. The highest BCUT2D eigenvalue weighted by atomic mass is 79.9. The number of nitrogens with one attached hydrogen (secondary N) is 1. The van der Waals surface area contributed by atoms with Gasteiger partial charge in [-0.15, -0.1) is 0 Å². The lowest BCUT2D eigenvalue weighted by atomic mass is 10.1. The fraction of sp³-hybridized carbons (Fsp3) is 0.417. The third kappa shape index (κ3) is 3.08. The van der Waals surface area contributed by atoms with Gasteiger partial charge in [0.2, 0.25) is 0 Å². The fourth-order valence-electron chi connectivity index (χ4n) is 1.69. The van der Waals surface area contributed by atoms with E-state index in [2.05, 4.69) is 44.1 Å². The van der Waals surface area contributed by atoms with Crippen LogP contribution < -0.4 is 5.32 Å². The fourth-order valence-corrected chi connectivity index (χ4v) is 2.98. The van der Waals surface area contributed by atoms with Crippen LogP contribution in [0.3, 0.4) is 0 Å². The molecule has 4 heteroatoms. The SMILES string of the molecule is CC(NC(=O)c1cc(Br)cc(Br)c1)C1CC1. The van der Waals surface area contributed by atoms with Crippen LogP contribution in [0.5, 0.6) is 0 Å². The quantitative estimate of drug-likeness (QED) is 0.887. The van der Waals surface area contributed by atoms with E-state index < -0.39 is 0 Å². The molecule has 1 aliphatic rings. The smallest absolute Gasteiger partial charge is 0.251 e. The van der Waals surface area contributed by atoms with Gasteiger partial charge in [0.15, 0.2) is 0 Å². The van der Waals surface area contributed by atoms with Gasteiger partial charge in [0.1, 0.15) is 0 Å². The summed E-state index contributed by atoms with van der Waals surface area (Å²) in [4.78, 5) is 11.9. The van der Waals surface area contributed by atoms with Gasteiger partial charge in [0.05, 0.1) is 0 Å². The van der Waals surface area contributed by atoms with Gasteiger partial charge < -0.3 is 5.32 Å². The molecular weight excluding hydrogens is 334 g/mol. The predicted molar refractivity (Wildman–Crippen MR) is 71.5 cm³/mol. The first-order valence-electron chi connectivity index (χ1n) is 5.33. The molecule has 1 atom stereocenters. The van der Waals surface area contributed by atoms with E-state index >= 15 is 0 Å². The Labute approximate surface area is 112 Å². The zero-order valence-electron chi connectivity index (χ0n) is 8.97. The molecule has 1 aliphatic carbocycles. The second-order valence-electron chi connectivity index (χ2n) is 4.26. The maximum absolute atomic E-state index is 11.9. The second-order valence-corrected chi connectivity index (χ2v) is 6.09. The molecule has 2 nitrogen and oxygen atoms in total. The largest absolute Gasteiger partial charge is 0.349 e. The van der Waals surface area contributed by atoms with Crippen molar-refractivity contribution in [2.75, 3.05) is 0 Å². The Balaban J connectivity index is 2.07. The van der Waals surface area contributed by atoms with E-state index in [4.69, 9.17) is 0 Å². The van der Waals surface area contributed by atoms with Gasteiger partial charge >= 0.3 is 0 Å². The lowest BCUT2D eigenvalue weighted by molar-refractivity contribution is 0.0935. The van der Waals surface area contributed by atoms with Crippen molar-refractivity contribution in [1.29, 1.82) is 0 Å². The van der Waals surface area contributed by atoms with E-state index in [0.29, 0.717) is 11.5 Å². The van der Waals surface area contributed by atoms with Crippen LogP contribution in [0.4, 0.5) is 0 Å². The maximum atomic E-state index is 11.9. The minimum Gasteiger partial charge on any atom is -0.349 e. The zero-order valence-corrected chi connectivity index (χ0v) is 12.1. The number of carbonyl (C=O) groups excluding carboxylic acids is 1. The number of hydrogen-bond acceptors (Lipinski definition) is 1. The summed E-state index contributed by atoms with van der Waals surface area (Å²) in [5.74, 6) is 0.681. The lowest BCUT2D eigenvalue weighted by Gasteiger charge is -2.13. The molecule has 0 radical (unpaired) electrons. The monoisotopic (exact) mass is 345 g/mol. The predicted octanol–water partition coefficient (Wildman–Crippen LogP) is 3.74. The third-order valence-electron chi connectivity index (χ3n) is 2.81. The van der Waals surface area contributed by atoms with Crippen LogP contribution in [-0.4, -0.2) is 11.9 Å². The average molecular weight is 347 g/mol. The summed E-state index contributed by atoms with van der Waals surface area (Å²) in [6.45, 7) is 2.07. The number of benzene rings is 1. The van der Waals surface area contributed by atoms with Gasteiger partial charge in [-0.2, -0.15) is 0 Å². The Kier molecular flexibility index (Phi) is 3.70. The topological polar surface area (TPSA) is 29.1 Å². The Hall–Kier alpha value is -0.350. The first-order chi connectivity index (χ1) is 7.56. The van der Waals surface area contributed by atoms with E-state index in [9.17, 15) is 4.79 Å². The number of carbonyl (C=O) groups is 1. The van der Waals surface area contributed by atoms with E-state index in [1.165, 1.54) is 12.8 Å². The van der Waals surface area contributed by atoms with Crippen LogP contribution in [0.1, 0.15) is 30.1 Å². The van der Waals surface area contributed by atoms with Gasteiger partial charge in [-0.05, 0) is 43.9 Å². The molecule has 1 amide bonds. The molecule has 0 saturated heterocycles. The van der Waals surface area contributed by atoms with Crippen molar-refractivity contribution < 1.29 is 4.79 Å². The summed E-state index contributed by atoms with van der Waals surface area (Å²) < 4.78 is 1.82. The Morgan fingerprint density at radius 3 is 2.38 bits per heavy atom. The highest BCUT2D eigenvalue weighted by molar-refractivity contribution is 9.11. The van der Waals surface area contributed by atoms with Crippen molar-refractivity contribution in [2.45, 2.75) is 25.8 Å². The molecule has 0 aromatic heterocycles. The van der Waals surface area contributed by atoms with Crippen molar-refractivity contribution in [1.82, 2.24) is 5.32 Å². The molecule has 2 rings (SSSR count). The minimum absolute atomic E-state index is 0.00130. The molecule has 86 valence electrons. The number of hydrogen-bond donors (Lipinski definition) is 1. The normalized spacial score (nSPS) is 16.9. The molecule has 0 spiro atoms. The van der Waals surface area contributed by atoms with Crippen molar-refractivity contribution in [3.63, 3.8) is 0 Å². The first kappa shape index (κ1) is 12.1.